The van der Waals surface area contributed by atoms with Gasteiger partial charge in [0.05, 0.1) is 5.92 Å². The largest absolute Gasteiger partial charge is 0.489 e. The zero-order chi connectivity index (χ0) is 25.1. The Labute approximate surface area is 211 Å². The second-order valence-corrected chi connectivity index (χ2v) is 9.41. The van der Waals surface area contributed by atoms with E-state index in [0.717, 1.165) is 46.4 Å². The lowest BCUT2D eigenvalue weighted by Gasteiger charge is -2.25. The highest BCUT2D eigenvalue weighted by Crippen LogP contribution is 2.32. The molecule has 3 aromatic carbocycles. The molecule has 1 heterocycles. The predicted molar refractivity (Wildman–Crippen MR) is 138 cm³/mol. The van der Waals surface area contributed by atoms with Crippen molar-refractivity contribution >= 4 is 23.5 Å². The molecular weight excluding hydrogens is 462 g/mol. The number of aliphatic carboxylic acids is 1. The Kier molecular flexibility index (Phi) is 7.46. The van der Waals surface area contributed by atoms with E-state index in [1.165, 1.54) is 0 Å². The number of carboxylic acid groups (broad SMARTS) is 1. The quantitative estimate of drug-likeness (QED) is 0.353. The van der Waals surface area contributed by atoms with Crippen molar-refractivity contribution in [3.8, 4) is 16.9 Å². The molecule has 5 nitrogen and oxygen atoms in total. The van der Waals surface area contributed by atoms with Gasteiger partial charge in [-0.2, -0.15) is 0 Å². The summed E-state index contributed by atoms with van der Waals surface area (Å²) in [6.07, 6.45) is 1.89. The van der Waals surface area contributed by atoms with Crippen molar-refractivity contribution in [3.05, 3.63) is 87.9 Å². The lowest BCUT2D eigenvalue weighted by molar-refractivity contribution is -0.138. The van der Waals surface area contributed by atoms with Gasteiger partial charge in [0.2, 0.25) is 0 Å². The average Bonchev–Trinajstić information content (AvgIpc) is 3.19. The van der Waals surface area contributed by atoms with Gasteiger partial charge in [-0.25, -0.2) is 0 Å². The van der Waals surface area contributed by atoms with Gasteiger partial charge in [-0.15, -0.1) is 0 Å². The molecule has 0 aromatic heterocycles. The molecule has 0 bridgehead atoms. The van der Waals surface area contributed by atoms with Gasteiger partial charge in [-0.05, 0) is 84.0 Å². The first-order chi connectivity index (χ1) is 16.8. The first kappa shape index (κ1) is 24.8. The fraction of sp³-hybridized carbons (Fsp3) is 0.310. The topological polar surface area (TPSA) is 66.8 Å². The van der Waals surface area contributed by atoms with Crippen LogP contribution in [0.15, 0.2) is 60.7 Å². The molecule has 1 unspecified atom stereocenters. The van der Waals surface area contributed by atoms with Crippen LogP contribution >= 0.6 is 11.6 Å². The Morgan fingerprint density at radius 3 is 2.51 bits per heavy atom. The zero-order valence-corrected chi connectivity index (χ0v) is 21.0. The summed E-state index contributed by atoms with van der Waals surface area (Å²) in [6.45, 7) is 6.87. The Morgan fingerprint density at radius 2 is 1.80 bits per heavy atom. The van der Waals surface area contributed by atoms with Crippen LogP contribution in [0.25, 0.3) is 11.1 Å². The summed E-state index contributed by atoms with van der Waals surface area (Å²) >= 11 is 6.26. The summed E-state index contributed by atoms with van der Waals surface area (Å²) in [5.41, 5.74) is 5.21. The zero-order valence-electron chi connectivity index (χ0n) is 20.3. The summed E-state index contributed by atoms with van der Waals surface area (Å²) in [7, 11) is 0. The van der Waals surface area contributed by atoms with Crippen LogP contribution in [0, 0.1) is 0 Å². The van der Waals surface area contributed by atoms with Gasteiger partial charge >= 0.3 is 5.97 Å². The lowest BCUT2D eigenvalue weighted by Crippen LogP contribution is -2.34. The molecule has 0 saturated carbocycles. The summed E-state index contributed by atoms with van der Waals surface area (Å²) in [5.74, 6) is -0.767. The van der Waals surface area contributed by atoms with Crippen LogP contribution in [0.5, 0.6) is 5.75 Å². The van der Waals surface area contributed by atoms with Gasteiger partial charge in [-0.3, -0.25) is 9.59 Å². The molecule has 6 heteroatoms. The molecule has 1 N–H and O–H groups in total. The number of hydrogen-bond acceptors (Lipinski definition) is 3. The molecule has 35 heavy (non-hydrogen) atoms. The third-order valence-electron chi connectivity index (χ3n) is 6.79. The van der Waals surface area contributed by atoms with Crippen molar-refractivity contribution in [3.63, 3.8) is 0 Å². The van der Waals surface area contributed by atoms with E-state index in [0.29, 0.717) is 23.7 Å². The Hall–Kier alpha value is -3.31. The summed E-state index contributed by atoms with van der Waals surface area (Å²) in [5, 5.41) is 9.83. The van der Waals surface area contributed by atoms with Crippen LogP contribution in [-0.4, -0.2) is 27.9 Å². The van der Waals surface area contributed by atoms with Crippen molar-refractivity contribution in [1.82, 2.24) is 4.90 Å². The molecule has 0 aliphatic carbocycles. The van der Waals surface area contributed by atoms with Crippen molar-refractivity contribution in [1.29, 1.82) is 0 Å². The van der Waals surface area contributed by atoms with E-state index in [9.17, 15) is 14.7 Å². The minimum absolute atomic E-state index is 0.104. The smallest absolute Gasteiger partial charge is 0.310 e. The second-order valence-electron chi connectivity index (χ2n) is 9.01. The van der Waals surface area contributed by atoms with Crippen LogP contribution < -0.4 is 4.74 Å². The monoisotopic (exact) mass is 491 g/mol. The second kappa shape index (κ2) is 10.5. The van der Waals surface area contributed by atoms with Crippen molar-refractivity contribution < 1.29 is 19.4 Å². The number of amides is 1. The minimum Gasteiger partial charge on any atom is -0.489 e. The normalized spacial score (nSPS) is 13.7. The Bertz CT molecular complexity index is 1250. The minimum atomic E-state index is -0.912. The average molecular weight is 492 g/mol. The third-order valence-corrected chi connectivity index (χ3v) is 7.13. The number of hydrogen-bond donors (Lipinski definition) is 1. The van der Waals surface area contributed by atoms with Gasteiger partial charge in [0.25, 0.3) is 5.91 Å². The molecule has 1 atom stereocenters. The van der Waals surface area contributed by atoms with E-state index in [1.807, 2.05) is 59.5 Å². The Balaban J connectivity index is 1.49. The molecule has 0 fully saturated rings. The van der Waals surface area contributed by atoms with Gasteiger partial charge in [0, 0.05) is 23.2 Å². The molecule has 0 saturated heterocycles. The SMILES string of the molecule is CCC(CC)N1Cc2cc(OCc3cccc(-c4ccc(Cl)c(C(C)C(=O)O)c4)c3)ccc2C1=O. The Morgan fingerprint density at radius 1 is 1.06 bits per heavy atom. The highest BCUT2D eigenvalue weighted by molar-refractivity contribution is 6.31. The maximum atomic E-state index is 12.8. The number of carbonyl (C=O) groups excluding carboxylic acids is 1. The van der Waals surface area contributed by atoms with E-state index in [2.05, 4.69) is 13.8 Å². The number of carboxylic acids is 1. The molecule has 0 radical (unpaired) electrons. The third kappa shape index (κ3) is 5.20. The van der Waals surface area contributed by atoms with Gasteiger partial charge < -0.3 is 14.7 Å². The van der Waals surface area contributed by atoms with Crippen LogP contribution in [-0.2, 0) is 17.9 Å². The van der Waals surface area contributed by atoms with E-state index in [4.69, 9.17) is 16.3 Å². The number of carbonyl (C=O) groups is 2. The maximum absolute atomic E-state index is 12.8. The van der Waals surface area contributed by atoms with E-state index in [-0.39, 0.29) is 11.9 Å². The fourth-order valence-corrected chi connectivity index (χ4v) is 4.91. The number of benzene rings is 3. The van der Waals surface area contributed by atoms with Crippen molar-refractivity contribution in [2.24, 2.45) is 0 Å². The predicted octanol–water partition coefficient (Wildman–Crippen LogP) is 6.92. The molecule has 1 aliphatic heterocycles. The van der Waals surface area contributed by atoms with Gasteiger partial charge in [-0.1, -0.05) is 49.7 Å². The van der Waals surface area contributed by atoms with Crippen LogP contribution in [0.1, 0.15) is 66.6 Å². The van der Waals surface area contributed by atoms with E-state index in [1.54, 1.807) is 13.0 Å². The number of halogens is 1. The maximum Gasteiger partial charge on any atom is 0.310 e. The molecule has 1 aliphatic rings. The molecule has 182 valence electrons. The molecule has 4 rings (SSSR count). The summed E-state index contributed by atoms with van der Waals surface area (Å²) < 4.78 is 6.08. The van der Waals surface area contributed by atoms with Crippen LogP contribution in [0.4, 0.5) is 0 Å². The summed E-state index contributed by atoms with van der Waals surface area (Å²) in [6, 6.07) is 19.4. The number of ether oxygens (including phenoxy) is 1. The number of nitrogens with zero attached hydrogens (tertiary/aromatic N) is 1. The van der Waals surface area contributed by atoms with E-state index < -0.39 is 11.9 Å². The number of fused-ring (bicyclic) bond motifs is 1. The fourth-order valence-electron chi connectivity index (χ4n) is 4.63. The molecule has 1 amide bonds. The summed E-state index contributed by atoms with van der Waals surface area (Å²) in [4.78, 5) is 26.2. The van der Waals surface area contributed by atoms with Crippen LogP contribution in [0.2, 0.25) is 5.02 Å². The van der Waals surface area contributed by atoms with Crippen molar-refractivity contribution in [2.75, 3.05) is 0 Å². The molecular formula is C29H30ClNO4. The van der Waals surface area contributed by atoms with E-state index >= 15 is 0 Å². The van der Waals surface area contributed by atoms with Gasteiger partial charge in [0.15, 0.2) is 0 Å². The number of rotatable bonds is 9. The van der Waals surface area contributed by atoms with Crippen molar-refractivity contribution in [2.45, 2.75) is 58.7 Å². The molecule has 0 spiro atoms. The van der Waals surface area contributed by atoms with Gasteiger partial charge in [0.1, 0.15) is 12.4 Å². The first-order valence-corrected chi connectivity index (χ1v) is 12.4. The van der Waals surface area contributed by atoms with Crippen LogP contribution in [0.3, 0.4) is 0 Å². The first-order valence-electron chi connectivity index (χ1n) is 12.0. The standard InChI is InChI=1S/C29H30ClNO4/c1-4-23(5-2)31-16-22-14-24(10-11-25(22)28(31)32)35-17-19-7-6-8-20(13-19)21-9-12-27(30)26(15-21)18(3)29(33)34/h6-15,18,23H,4-5,16-17H2,1-3H3,(H,33,34). The molecule has 3 aromatic rings. The highest BCUT2D eigenvalue weighted by Gasteiger charge is 2.31. The highest BCUT2D eigenvalue weighted by atomic mass is 35.5. The lowest BCUT2D eigenvalue weighted by atomic mass is 9.95.